The van der Waals surface area contributed by atoms with Crippen molar-refractivity contribution in [3.8, 4) is 5.75 Å². The van der Waals surface area contributed by atoms with Crippen molar-refractivity contribution in [2.75, 3.05) is 14.2 Å². The van der Waals surface area contributed by atoms with Crippen LogP contribution in [0.15, 0.2) is 47.7 Å². The standard InChI is InChI=1S/C15H16O11S2.2Na.2H/c1-25-14(26-2)8-12(17)10(13(18)9-5-3-4-6-11(9)16)7-15(14,27(19,20)21)28(22,23)24;;;;/h3-8,16-17H,1-2H3,(H,19,20,21)(H,22,23,24);;;;. The molecule has 30 heavy (non-hydrogen) atoms. The molecule has 0 amide bonds. The molecule has 2 rings (SSSR count). The second kappa shape index (κ2) is 10.1. The molecule has 0 radical (unpaired) electrons. The normalized spacial score (nSPS) is 17.6. The number of aromatic hydroxyl groups is 1. The number of ether oxygens (including phenoxy) is 2. The molecule has 158 valence electrons. The van der Waals surface area contributed by atoms with Crippen molar-refractivity contribution >= 4 is 85.1 Å². The first-order valence-electron chi connectivity index (χ1n) is 7.30. The number of hydrogen-bond acceptors (Lipinski definition) is 9. The molecule has 4 N–H and O–H groups in total. The van der Waals surface area contributed by atoms with Crippen LogP contribution in [0.4, 0.5) is 0 Å². The summed E-state index contributed by atoms with van der Waals surface area (Å²) in [5.74, 6) is -5.70. The maximum atomic E-state index is 12.7. The first-order valence-corrected chi connectivity index (χ1v) is 10.2. The van der Waals surface area contributed by atoms with Crippen molar-refractivity contribution in [3.63, 3.8) is 0 Å². The van der Waals surface area contributed by atoms with E-state index in [2.05, 4.69) is 0 Å². The Hall–Kier alpha value is -0.290. The summed E-state index contributed by atoms with van der Waals surface area (Å²) in [6.07, 6.45) is 0.483. The third kappa shape index (κ3) is 4.58. The molecular formula is C15H18Na2O11S2. The van der Waals surface area contributed by atoms with Crippen molar-refractivity contribution in [1.82, 2.24) is 0 Å². The number of hydrogen-bond donors (Lipinski definition) is 4. The van der Waals surface area contributed by atoms with Gasteiger partial charge in [-0.05, 0) is 18.2 Å². The van der Waals surface area contributed by atoms with Crippen LogP contribution in [0, 0.1) is 0 Å². The van der Waals surface area contributed by atoms with Crippen molar-refractivity contribution in [2.24, 2.45) is 0 Å². The van der Waals surface area contributed by atoms with Crippen molar-refractivity contribution in [2.45, 2.75) is 9.87 Å². The number of ketones is 1. The molecule has 0 spiro atoms. The topological polar surface area (TPSA) is 185 Å². The SMILES string of the molecule is COC1(OC)C=C(O)C(C(=O)c2ccccc2O)=CC1(S(=O)(=O)O)S(=O)(=O)O.[NaH].[NaH]. The third-order valence-corrected chi connectivity index (χ3v) is 7.79. The second-order valence-corrected chi connectivity index (χ2v) is 9.07. The van der Waals surface area contributed by atoms with E-state index in [1.54, 1.807) is 0 Å². The first kappa shape index (κ1) is 29.7. The number of rotatable bonds is 6. The molecule has 1 aromatic carbocycles. The Kier molecular flexibility index (Phi) is 10.0. The predicted molar refractivity (Wildman–Crippen MR) is 108 cm³/mol. The van der Waals surface area contributed by atoms with Crippen LogP contribution in [0.5, 0.6) is 5.75 Å². The van der Waals surface area contributed by atoms with Gasteiger partial charge in [0.05, 0.1) is 11.1 Å². The van der Waals surface area contributed by atoms with E-state index in [0.29, 0.717) is 6.08 Å². The van der Waals surface area contributed by atoms with Crippen LogP contribution < -0.4 is 0 Å². The molecule has 0 aromatic heterocycles. The molecule has 1 aromatic rings. The van der Waals surface area contributed by atoms with E-state index >= 15 is 0 Å². The van der Waals surface area contributed by atoms with Gasteiger partial charge in [-0.25, -0.2) is 0 Å². The summed E-state index contributed by atoms with van der Waals surface area (Å²) in [7, 11) is -10.0. The van der Waals surface area contributed by atoms with E-state index in [9.17, 15) is 40.9 Å². The zero-order chi connectivity index (χ0) is 21.5. The average Bonchev–Trinajstić information content (AvgIpc) is 2.59. The summed E-state index contributed by atoms with van der Waals surface area (Å²) in [6, 6.07) is 4.94. The van der Waals surface area contributed by atoms with Gasteiger partial charge in [-0.3, -0.25) is 13.9 Å². The second-order valence-electron chi connectivity index (χ2n) is 5.63. The molecule has 1 aliphatic carbocycles. The summed E-state index contributed by atoms with van der Waals surface area (Å²) in [5, 5.41) is 20.0. The number of carbonyl (C=O) groups excluding carboxylic acids is 1. The fourth-order valence-corrected chi connectivity index (χ4v) is 5.61. The molecule has 0 saturated carbocycles. The fourth-order valence-electron chi connectivity index (χ4n) is 2.84. The molecule has 0 heterocycles. The summed E-state index contributed by atoms with van der Waals surface area (Å²) >= 11 is 0. The van der Waals surface area contributed by atoms with Gasteiger partial charge in [-0.1, -0.05) is 12.1 Å². The van der Waals surface area contributed by atoms with Crippen LogP contribution >= 0.6 is 0 Å². The van der Waals surface area contributed by atoms with Gasteiger partial charge in [0.2, 0.25) is 5.79 Å². The zero-order valence-electron chi connectivity index (χ0n) is 14.4. The van der Waals surface area contributed by atoms with Gasteiger partial charge in [-0.15, -0.1) is 0 Å². The number of Topliss-reactive ketones (excluding diaryl/α,β-unsaturated/α-hetero) is 1. The van der Waals surface area contributed by atoms with Crippen LogP contribution in [-0.2, 0) is 29.7 Å². The van der Waals surface area contributed by atoms with Crippen LogP contribution in [0.2, 0.25) is 0 Å². The van der Waals surface area contributed by atoms with E-state index in [-0.39, 0.29) is 65.2 Å². The average molecular weight is 484 g/mol. The van der Waals surface area contributed by atoms with E-state index in [0.717, 1.165) is 26.4 Å². The number of aliphatic hydroxyl groups excluding tert-OH is 1. The van der Waals surface area contributed by atoms with Gasteiger partial charge >= 0.3 is 59.1 Å². The fraction of sp³-hybridized carbons (Fsp3) is 0.267. The number of benzene rings is 1. The van der Waals surface area contributed by atoms with Gasteiger partial charge < -0.3 is 19.7 Å². The van der Waals surface area contributed by atoms with Crippen molar-refractivity contribution < 1.29 is 50.4 Å². The van der Waals surface area contributed by atoms with Gasteiger partial charge in [0, 0.05) is 20.3 Å². The van der Waals surface area contributed by atoms with Crippen LogP contribution in [0.1, 0.15) is 10.4 Å². The molecule has 11 nitrogen and oxygen atoms in total. The van der Waals surface area contributed by atoms with Crippen LogP contribution in [0.25, 0.3) is 0 Å². The molecule has 0 unspecified atom stereocenters. The summed E-state index contributed by atoms with van der Waals surface area (Å²) in [4.78, 5) is 12.7. The van der Waals surface area contributed by atoms with E-state index in [1.807, 2.05) is 0 Å². The molecule has 0 atom stereocenters. The van der Waals surface area contributed by atoms with Gasteiger partial charge in [0.15, 0.2) is 5.78 Å². The minimum atomic E-state index is -5.79. The Balaban J connectivity index is 0.00000420. The van der Waals surface area contributed by atoms with Crippen LogP contribution in [-0.4, -0.2) is 125 Å². The Morgan fingerprint density at radius 3 is 1.77 bits per heavy atom. The van der Waals surface area contributed by atoms with Gasteiger partial charge in [-0.2, -0.15) is 16.8 Å². The first-order chi connectivity index (χ1) is 12.8. The quantitative estimate of drug-likeness (QED) is 0.170. The predicted octanol–water partition coefficient (Wildman–Crippen LogP) is -0.879. The summed E-state index contributed by atoms with van der Waals surface area (Å²) in [6.45, 7) is 0. The molecule has 15 heteroatoms. The molecular weight excluding hydrogens is 466 g/mol. The summed E-state index contributed by atoms with van der Waals surface area (Å²) < 4.78 is 73.6. The number of para-hydroxylation sites is 1. The Morgan fingerprint density at radius 1 is 0.900 bits per heavy atom. The molecule has 0 bridgehead atoms. The van der Waals surface area contributed by atoms with Gasteiger partial charge in [0.1, 0.15) is 11.5 Å². The number of carbonyl (C=O) groups is 1. The molecule has 1 aliphatic rings. The Bertz CT molecular complexity index is 1060. The molecule has 0 saturated heterocycles. The number of methoxy groups -OCH3 is 2. The van der Waals surface area contributed by atoms with E-state index < -0.39 is 58.5 Å². The van der Waals surface area contributed by atoms with Crippen LogP contribution in [0.3, 0.4) is 0 Å². The van der Waals surface area contributed by atoms with Crippen molar-refractivity contribution in [3.05, 3.63) is 53.3 Å². The number of phenols is 1. The zero-order valence-corrected chi connectivity index (χ0v) is 16.1. The van der Waals surface area contributed by atoms with Gasteiger partial charge in [0.25, 0.3) is 24.3 Å². The monoisotopic (exact) mass is 484 g/mol. The Labute approximate surface area is 216 Å². The minimum absolute atomic E-state index is 0. The maximum absolute atomic E-state index is 12.7. The number of aliphatic hydroxyl groups is 1. The number of phenolic OH excluding ortho intramolecular Hbond substituents is 1. The number of allylic oxidation sites excluding steroid dienone is 1. The molecule has 0 aliphatic heterocycles. The van der Waals surface area contributed by atoms with E-state index in [4.69, 9.17) is 9.47 Å². The molecule has 0 fully saturated rings. The summed E-state index contributed by atoms with van der Waals surface area (Å²) in [5.41, 5.74) is -1.38. The van der Waals surface area contributed by atoms with E-state index in [1.165, 1.54) is 12.1 Å². The van der Waals surface area contributed by atoms with Crippen molar-refractivity contribution in [1.29, 1.82) is 0 Å². The third-order valence-electron chi connectivity index (χ3n) is 4.19. The Morgan fingerprint density at radius 2 is 1.37 bits per heavy atom.